The van der Waals surface area contributed by atoms with Gasteiger partial charge in [-0.1, -0.05) is 18.2 Å². The largest absolute Gasteiger partial charge is 0.330 e. The van der Waals surface area contributed by atoms with Crippen LogP contribution in [0.2, 0.25) is 0 Å². The van der Waals surface area contributed by atoms with E-state index in [9.17, 15) is 4.79 Å². The zero-order valence-electron chi connectivity index (χ0n) is 11.5. The molecule has 1 atom stereocenters. The van der Waals surface area contributed by atoms with Crippen LogP contribution in [0.5, 0.6) is 0 Å². The molecule has 0 fully saturated rings. The summed E-state index contributed by atoms with van der Waals surface area (Å²) in [5, 5.41) is 6.75. The number of benzene rings is 1. The number of nitrogens with two attached hydrogens (primary N) is 1. The standard InChI is InChI=1S/C15H18N4O/c1-10-13(8-17-18-10)15(20)19-9-11(6-7-16)12-4-2-3-5-14(12)19/h2-5,8,11H,6-7,9,16H2,1H3,(H,17,18). The van der Waals surface area contributed by atoms with Crippen molar-refractivity contribution < 1.29 is 4.79 Å². The Morgan fingerprint density at radius 2 is 2.30 bits per heavy atom. The Labute approximate surface area is 117 Å². The summed E-state index contributed by atoms with van der Waals surface area (Å²) in [4.78, 5) is 14.5. The number of nitrogens with one attached hydrogen (secondary N) is 1. The molecule has 2 heterocycles. The molecule has 1 amide bonds. The van der Waals surface area contributed by atoms with Crippen molar-refractivity contribution in [3.05, 3.63) is 47.3 Å². The molecule has 0 bridgehead atoms. The summed E-state index contributed by atoms with van der Waals surface area (Å²) >= 11 is 0. The number of hydrogen-bond donors (Lipinski definition) is 2. The molecule has 5 heteroatoms. The van der Waals surface area contributed by atoms with Crippen LogP contribution >= 0.6 is 0 Å². The van der Waals surface area contributed by atoms with Crippen LogP contribution in [0, 0.1) is 6.92 Å². The molecule has 3 N–H and O–H groups in total. The van der Waals surface area contributed by atoms with Gasteiger partial charge in [0.05, 0.1) is 11.8 Å². The average molecular weight is 270 g/mol. The molecule has 1 aromatic carbocycles. The molecule has 104 valence electrons. The Morgan fingerprint density at radius 1 is 1.50 bits per heavy atom. The summed E-state index contributed by atoms with van der Waals surface area (Å²) in [6.45, 7) is 3.19. The molecule has 1 aliphatic heterocycles. The van der Waals surface area contributed by atoms with Crippen LogP contribution in [-0.4, -0.2) is 29.2 Å². The molecular formula is C15H18N4O. The smallest absolute Gasteiger partial charge is 0.261 e. The number of rotatable bonds is 3. The SMILES string of the molecule is Cc1[nH]ncc1C(=O)N1CC(CCN)c2ccccc21. The van der Waals surface area contributed by atoms with Crippen LogP contribution < -0.4 is 10.6 Å². The van der Waals surface area contributed by atoms with E-state index in [2.05, 4.69) is 16.3 Å². The third-order valence-electron chi connectivity index (χ3n) is 3.89. The van der Waals surface area contributed by atoms with E-state index in [4.69, 9.17) is 5.73 Å². The van der Waals surface area contributed by atoms with Crippen LogP contribution in [0.3, 0.4) is 0 Å². The molecule has 1 aromatic heterocycles. The monoisotopic (exact) mass is 270 g/mol. The van der Waals surface area contributed by atoms with E-state index >= 15 is 0 Å². The zero-order chi connectivity index (χ0) is 14.1. The lowest BCUT2D eigenvalue weighted by atomic mass is 9.98. The molecular weight excluding hydrogens is 252 g/mol. The zero-order valence-corrected chi connectivity index (χ0v) is 11.5. The molecule has 0 aliphatic carbocycles. The third kappa shape index (κ3) is 2.00. The first kappa shape index (κ1) is 12.9. The second kappa shape index (κ2) is 5.09. The first-order chi connectivity index (χ1) is 9.72. The van der Waals surface area contributed by atoms with Crippen molar-refractivity contribution in [2.75, 3.05) is 18.0 Å². The first-order valence-corrected chi connectivity index (χ1v) is 6.83. The van der Waals surface area contributed by atoms with E-state index in [0.29, 0.717) is 24.6 Å². The fourth-order valence-electron chi connectivity index (χ4n) is 2.85. The Hall–Kier alpha value is -2.14. The van der Waals surface area contributed by atoms with Crippen molar-refractivity contribution in [1.82, 2.24) is 10.2 Å². The number of carbonyl (C=O) groups is 1. The van der Waals surface area contributed by atoms with Crippen LogP contribution in [0.25, 0.3) is 0 Å². The number of amides is 1. The number of carbonyl (C=O) groups excluding carboxylic acids is 1. The van der Waals surface area contributed by atoms with Gasteiger partial charge in [-0.05, 0) is 31.5 Å². The normalized spacial score (nSPS) is 17.3. The average Bonchev–Trinajstić information content (AvgIpc) is 3.03. The number of fused-ring (bicyclic) bond motifs is 1. The van der Waals surface area contributed by atoms with Crippen LogP contribution in [0.1, 0.15) is 34.0 Å². The van der Waals surface area contributed by atoms with Crippen molar-refractivity contribution in [2.45, 2.75) is 19.3 Å². The van der Waals surface area contributed by atoms with E-state index in [1.165, 1.54) is 5.56 Å². The molecule has 1 aliphatic rings. The minimum absolute atomic E-state index is 0.00298. The van der Waals surface area contributed by atoms with E-state index in [-0.39, 0.29) is 5.91 Å². The molecule has 3 rings (SSSR count). The molecule has 20 heavy (non-hydrogen) atoms. The molecule has 0 radical (unpaired) electrons. The first-order valence-electron chi connectivity index (χ1n) is 6.83. The van der Waals surface area contributed by atoms with Gasteiger partial charge < -0.3 is 10.6 Å². The topological polar surface area (TPSA) is 75.0 Å². The van der Waals surface area contributed by atoms with Crippen molar-refractivity contribution in [3.8, 4) is 0 Å². The van der Waals surface area contributed by atoms with Gasteiger partial charge in [-0.25, -0.2) is 0 Å². The van der Waals surface area contributed by atoms with Crippen LogP contribution in [-0.2, 0) is 0 Å². The highest BCUT2D eigenvalue weighted by Gasteiger charge is 2.32. The second-order valence-corrected chi connectivity index (χ2v) is 5.16. The van der Waals surface area contributed by atoms with Gasteiger partial charge >= 0.3 is 0 Å². The molecule has 2 aromatic rings. The van der Waals surface area contributed by atoms with Crippen LogP contribution in [0.4, 0.5) is 5.69 Å². The maximum Gasteiger partial charge on any atom is 0.261 e. The van der Waals surface area contributed by atoms with Crippen molar-refractivity contribution in [1.29, 1.82) is 0 Å². The number of nitrogens with zero attached hydrogens (tertiary/aromatic N) is 2. The lowest BCUT2D eigenvalue weighted by Gasteiger charge is -2.17. The maximum absolute atomic E-state index is 12.7. The molecule has 0 spiro atoms. The molecule has 5 nitrogen and oxygen atoms in total. The predicted octanol–water partition coefficient (Wildman–Crippen LogP) is 1.81. The van der Waals surface area contributed by atoms with Crippen molar-refractivity contribution in [3.63, 3.8) is 0 Å². The molecule has 1 unspecified atom stereocenters. The molecule has 0 saturated carbocycles. The lowest BCUT2D eigenvalue weighted by molar-refractivity contribution is 0.0987. The number of para-hydroxylation sites is 1. The van der Waals surface area contributed by atoms with Gasteiger partial charge in [0.25, 0.3) is 5.91 Å². The summed E-state index contributed by atoms with van der Waals surface area (Å²) in [5.74, 6) is 0.329. The number of hydrogen-bond acceptors (Lipinski definition) is 3. The van der Waals surface area contributed by atoms with E-state index < -0.39 is 0 Å². The number of aromatic amines is 1. The highest BCUT2D eigenvalue weighted by molar-refractivity contribution is 6.08. The summed E-state index contributed by atoms with van der Waals surface area (Å²) in [5.41, 5.74) is 9.33. The highest BCUT2D eigenvalue weighted by Crippen LogP contribution is 2.38. The Bertz CT molecular complexity index is 634. The summed E-state index contributed by atoms with van der Waals surface area (Å²) in [6, 6.07) is 8.07. The van der Waals surface area contributed by atoms with Crippen LogP contribution in [0.15, 0.2) is 30.5 Å². The number of aromatic nitrogens is 2. The number of H-pyrrole nitrogens is 1. The minimum Gasteiger partial charge on any atom is -0.330 e. The lowest BCUT2D eigenvalue weighted by Crippen LogP contribution is -2.30. The van der Waals surface area contributed by atoms with Crippen molar-refractivity contribution >= 4 is 11.6 Å². The summed E-state index contributed by atoms with van der Waals surface area (Å²) in [7, 11) is 0. The molecule has 0 saturated heterocycles. The highest BCUT2D eigenvalue weighted by atomic mass is 16.2. The Kier molecular flexibility index (Phi) is 3.28. The van der Waals surface area contributed by atoms with E-state index in [1.54, 1.807) is 6.20 Å². The predicted molar refractivity (Wildman–Crippen MR) is 77.9 cm³/mol. The van der Waals surface area contributed by atoms with Crippen molar-refractivity contribution in [2.24, 2.45) is 5.73 Å². The minimum atomic E-state index is 0.00298. The van der Waals surface area contributed by atoms with Gasteiger partial charge in [0.15, 0.2) is 0 Å². The summed E-state index contributed by atoms with van der Waals surface area (Å²) in [6.07, 6.45) is 2.49. The quantitative estimate of drug-likeness (QED) is 0.893. The van der Waals surface area contributed by atoms with Gasteiger partial charge in [-0.2, -0.15) is 5.10 Å². The van der Waals surface area contributed by atoms with E-state index in [1.807, 2.05) is 30.0 Å². The number of anilines is 1. The Balaban J connectivity index is 1.96. The van der Waals surface area contributed by atoms with Gasteiger partial charge in [0.2, 0.25) is 0 Å². The van der Waals surface area contributed by atoms with Gasteiger partial charge in [-0.3, -0.25) is 9.89 Å². The van der Waals surface area contributed by atoms with Gasteiger partial charge in [-0.15, -0.1) is 0 Å². The Morgan fingerprint density at radius 3 is 3.00 bits per heavy atom. The summed E-state index contributed by atoms with van der Waals surface area (Å²) < 4.78 is 0. The maximum atomic E-state index is 12.7. The fraction of sp³-hybridized carbons (Fsp3) is 0.333. The third-order valence-corrected chi connectivity index (χ3v) is 3.89. The van der Waals surface area contributed by atoms with Gasteiger partial charge in [0.1, 0.15) is 0 Å². The van der Waals surface area contributed by atoms with Gasteiger partial charge in [0, 0.05) is 23.8 Å². The second-order valence-electron chi connectivity index (χ2n) is 5.16. The van der Waals surface area contributed by atoms with E-state index in [0.717, 1.165) is 17.8 Å². The fourth-order valence-corrected chi connectivity index (χ4v) is 2.85. The number of aryl methyl sites for hydroxylation is 1.